The molecule has 3 amide bonds. The predicted octanol–water partition coefficient (Wildman–Crippen LogP) is -1.62. The summed E-state index contributed by atoms with van der Waals surface area (Å²) >= 11 is 0. The second kappa shape index (κ2) is 4.52. The van der Waals surface area contributed by atoms with Gasteiger partial charge in [0.25, 0.3) is 0 Å². The fraction of sp³-hybridized carbons (Fsp3) is 0.600. The molecular weight excluding hydrogens is 164 g/mol. The Kier molecular flexibility index (Phi) is 4.02. The van der Waals surface area contributed by atoms with Gasteiger partial charge in [0.15, 0.2) is 0 Å². The van der Waals surface area contributed by atoms with Crippen LogP contribution in [-0.4, -0.2) is 36.8 Å². The molecule has 7 nitrogen and oxygen atoms in total. The first-order valence-electron chi connectivity index (χ1n) is 3.16. The van der Waals surface area contributed by atoms with E-state index in [2.05, 4.69) is 4.74 Å². The number of nitrogens with two attached hydrogens (primary N) is 3. The van der Waals surface area contributed by atoms with E-state index in [4.69, 9.17) is 17.2 Å². The molecule has 12 heavy (non-hydrogen) atoms. The van der Waals surface area contributed by atoms with Crippen molar-refractivity contribution in [3.05, 3.63) is 0 Å². The highest BCUT2D eigenvalue weighted by molar-refractivity contribution is 5.89. The van der Waals surface area contributed by atoms with E-state index in [9.17, 15) is 9.59 Å². The van der Waals surface area contributed by atoms with E-state index in [-0.39, 0.29) is 6.61 Å². The van der Waals surface area contributed by atoms with Crippen molar-refractivity contribution < 1.29 is 14.3 Å². The van der Waals surface area contributed by atoms with Crippen molar-refractivity contribution in [2.45, 2.75) is 6.17 Å². The van der Waals surface area contributed by atoms with Crippen LogP contribution in [0.5, 0.6) is 0 Å². The maximum Gasteiger partial charge on any atom is 0.417 e. The van der Waals surface area contributed by atoms with Crippen LogP contribution in [0, 0.1) is 0 Å². The molecule has 0 radical (unpaired) electrons. The predicted molar refractivity (Wildman–Crippen MR) is 40.9 cm³/mol. The Hall–Kier alpha value is -1.34. The monoisotopic (exact) mass is 176 g/mol. The van der Waals surface area contributed by atoms with Crippen LogP contribution in [0.2, 0.25) is 0 Å². The quantitative estimate of drug-likeness (QED) is 0.436. The zero-order chi connectivity index (χ0) is 9.72. The van der Waals surface area contributed by atoms with E-state index < -0.39 is 18.3 Å². The summed E-state index contributed by atoms with van der Waals surface area (Å²) in [4.78, 5) is 21.8. The maximum absolute atomic E-state index is 10.8. The molecule has 0 spiro atoms. The van der Waals surface area contributed by atoms with E-state index >= 15 is 0 Å². The molecule has 7 heteroatoms. The molecule has 70 valence electrons. The van der Waals surface area contributed by atoms with Crippen LogP contribution in [-0.2, 0) is 4.74 Å². The van der Waals surface area contributed by atoms with Gasteiger partial charge in [-0.05, 0) is 0 Å². The van der Waals surface area contributed by atoms with Crippen LogP contribution >= 0.6 is 0 Å². The second-order valence-corrected chi connectivity index (χ2v) is 2.14. The summed E-state index contributed by atoms with van der Waals surface area (Å²) in [5.41, 5.74) is 14.9. The number of rotatable bonds is 2. The lowest BCUT2D eigenvalue weighted by molar-refractivity contribution is 0.113. The smallest absolute Gasteiger partial charge is 0.417 e. The normalized spacial score (nSPS) is 9.67. The summed E-state index contributed by atoms with van der Waals surface area (Å²) in [7, 11) is 1.19. The molecule has 0 saturated heterocycles. The lowest BCUT2D eigenvalue weighted by Crippen LogP contribution is -2.42. The number of nitrogens with zero attached hydrogens (tertiary/aromatic N) is 1. The van der Waals surface area contributed by atoms with E-state index in [0.29, 0.717) is 4.90 Å². The molecule has 0 aromatic heterocycles. The van der Waals surface area contributed by atoms with Gasteiger partial charge in [-0.15, -0.1) is 0 Å². The molecule has 0 unspecified atom stereocenters. The van der Waals surface area contributed by atoms with Gasteiger partial charge in [-0.3, -0.25) is 0 Å². The standard InChI is InChI=1S/C5H12N4O3/c1-9(4(8)10)5(11)12-2-3(6)7/h3H,2,6-7H2,1H3,(H2,8,10). The maximum atomic E-state index is 10.8. The molecule has 6 N–H and O–H groups in total. The van der Waals surface area contributed by atoms with Gasteiger partial charge in [0.05, 0.1) is 6.17 Å². The largest absolute Gasteiger partial charge is 0.446 e. The summed E-state index contributed by atoms with van der Waals surface area (Å²) in [6.45, 7) is -0.156. The van der Waals surface area contributed by atoms with Gasteiger partial charge in [0.1, 0.15) is 6.61 Å². The number of carbonyl (C=O) groups excluding carboxylic acids is 2. The molecule has 0 aromatic rings. The van der Waals surface area contributed by atoms with Gasteiger partial charge in [-0.25, -0.2) is 14.5 Å². The highest BCUT2D eigenvalue weighted by atomic mass is 16.6. The molecule has 0 rings (SSSR count). The van der Waals surface area contributed by atoms with E-state index in [1.807, 2.05) is 0 Å². The Balaban J connectivity index is 3.80. The number of primary amides is 1. The van der Waals surface area contributed by atoms with Crippen LogP contribution in [0.25, 0.3) is 0 Å². The number of amides is 3. The SMILES string of the molecule is CN(C(N)=O)C(=O)OCC(N)N. The van der Waals surface area contributed by atoms with E-state index in [1.54, 1.807) is 0 Å². The van der Waals surface area contributed by atoms with Crippen molar-refractivity contribution in [3.8, 4) is 0 Å². The number of carbonyl (C=O) groups is 2. The highest BCUT2D eigenvalue weighted by Crippen LogP contribution is 1.88. The average Bonchev–Trinajstić information content (AvgIpc) is 1.98. The Morgan fingerprint density at radius 2 is 2.00 bits per heavy atom. The van der Waals surface area contributed by atoms with Crippen molar-refractivity contribution >= 4 is 12.1 Å². The van der Waals surface area contributed by atoms with Gasteiger partial charge in [-0.1, -0.05) is 0 Å². The Labute approximate surface area is 69.4 Å². The van der Waals surface area contributed by atoms with Gasteiger partial charge < -0.3 is 21.9 Å². The molecule has 0 aliphatic heterocycles. The van der Waals surface area contributed by atoms with Gasteiger partial charge in [0.2, 0.25) is 0 Å². The summed E-state index contributed by atoms with van der Waals surface area (Å²) < 4.78 is 4.46. The molecule has 0 aliphatic rings. The van der Waals surface area contributed by atoms with Crippen LogP contribution < -0.4 is 17.2 Å². The molecule has 0 fully saturated rings. The second-order valence-electron chi connectivity index (χ2n) is 2.14. The van der Waals surface area contributed by atoms with Crippen molar-refractivity contribution in [3.63, 3.8) is 0 Å². The topological polar surface area (TPSA) is 125 Å². The number of hydrogen-bond acceptors (Lipinski definition) is 5. The van der Waals surface area contributed by atoms with Crippen LogP contribution in [0.4, 0.5) is 9.59 Å². The van der Waals surface area contributed by atoms with E-state index in [1.165, 1.54) is 7.05 Å². The molecule has 0 saturated carbocycles. The summed E-state index contributed by atoms with van der Waals surface area (Å²) in [6, 6.07) is -0.898. The Bertz CT molecular complexity index is 182. The van der Waals surface area contributed by atoms with E-state index in [0.717, 1.165) is 0 Å². The molecular formula is C5H12N4O3. The lowest BCUT2D eigenvalue weighted by atomic mass is 10.6. The van der Waals surface area contributed by atoms with Gasteiger partial charge in [0, 0.05) is 7.05 Å². The fourth-order valence-electron chi connectivity index (χ4n) is 0.354. The minimum Gasteiger partial charge on any atom is -0.446 e. The van der Waals surface area contributed by atoms with Crippen molar-refractivity contribution in [1.29, 1.82) is 0 Å². The summed E-state index contributed by atoms with van der Waals surface area (Å²) in [5.74, 6) is 0. The summed E-state index contributed by atoms with van der Waals surface area (Å²) in [5, 5.41) is 0. The van der Waals surface area contributed by atoms with Crippen molar-refractivity contribution in [2.75, 3.05) is 13.7 Å². The van der Waals surface area contributed by atoms with Crippen molar-refractivity contribution in [2.24, 2.45) is 17.2 Å². The third-order valence-electron chi connectivity index (χ3n) is 1.00. The molecule has 0 atom stereocenters. The Morgan fingerprint density at radius 1 is 1.50 bits per heavy atom. The third-order valence-corrected chi connectivity index (χ3v) is 1.00. The fourth-order valence-corrected chi connectivity index (χ4v) is 0.354. The molecule has 0 aliphatic carbocycles. The average molecular weight is 176 g/mol. The molecule has 0 heterocycles. The zero-order valence-electron chi connectivity index (χ0n) is 6.69. The number of urea groups is 1. The minimum absolute atomic E-state index is 0.156. The summed E-state index contributed by atoms with van der Waals surface area (Å²) in [6.07, 6.45) is -1.63. The number of ether oxygens (including phenoxy) is 1. The van der Waals surface area contributed by atoms with Gasteiger partial charge in [-0.2, -0.15) is 0 Å². The minimum atomic E-state index is -0.898. The number of hydrogen-bond donors (Lipinski definition) is 3. The number of imide groups is 1. The van der Waals surface area contributed by atoms with Gasteiger partial charge >= 0.3 is 12.1 Å². The zero-order valence-corrected chi connectivity index (χ0v) is 6.69. The van der Waals surface area contributed by atoms with Crippen molar-refractivity contribution in [1.82, 2.24) is 4.90 Å². The molecule has 0 aromatic carbocycles. The molecule has 0 bridgehead atoms. The Morgan fingerprint density at radius 3 is 2.33 bits per heavy atom. The van der Waals surface area contributed by atoms with Crippen LogP contribution in [0.1, 0.15) is 0 Å². The third kappa shape index (κ3) is 3.74. The first kappa shape index (κ1) is 10.7. The van der Waals surface area contributed by atoms with Crippen LogP contribution in [0.3, 0.4) is 0 Å². The first-order valence-corrected chi connectivity index (χ1v) is 3.16. The lowest BCUT2D eigenvalue weighted by Gasteiger charge is -2.13. The first-order chi connectivity index (χ1) is 5.45. The highest BCUT2D eigenvalue weighted by Gasteiger charge is 2.14. The van der Waals surface area contributed by atoms with Crippen LogP contribution in [0.15, 0.2) is 0 Å².